The molecule has 1 aliphatic heterocycles. The zero-order valence-electron chi connectivity index (χ0n) is 10.9. The molecule has 0 aliphatic carbocycles. The molecular formula is C14H21ClN2O. The fraction of sp³-hybridized carbons (Fsp3) is 0.643. The molecule has 1 fully saturated rings. The fourth-order valence-corrected chi connectivity index (χ4v) is 2.55. The largest absolute Gasteiger partial charge is 0.490 e. The lowest BCUT2D eigenvalue weighted by atomic mass is 9.99. The van der Waals surface area contributed by atoms with E-state index in [2.05, 4.69) is 16.8 Å². The van der Waals surface area contributed by atoms with Crippen LogP contribution in [0.15, 0.2) is 18.3 Å². The number of nitrogens with zero attached hydrogens (tertiary/aromatic N) is 2. The summed E-state index contributed by atoms with van der Waals surface area (Å²) in [5.74, 6) is 3.32. The summed E-state index contributed by atoms with van der Waals surface area (Å²) in [7, 11) is 0. The molecule has 1 aromatic rings. The Balaban J connectivity index is 2.03. The van der Waals surface area contributed by atoms with Gasteiger partial charge in [0, 0.05) is 25.2 Å². The Morgan fingerprint density at radius 1 is 1.44 bits per heavy atom. The molecule has 0 aromatic carbocycles. The number of pyridine rings is 1. The summed E-state index contributed by atoms with van der Waals surface area (Å²) in [6.07, 6.45) is 5.14. The lowest BCUT2D eigenvalue weighted by Crippen LogP contribution is -2.35. The van der Waals surface area contributed by atoms with Gasteiger partial charge >= 0.3 is 0 Å². The molecule has 0 N–H and O–H groups in total. The van der Waals surface area contributed by atoms with Crippen LogP contribution in [0.4, 0.5) is 5.82 Å². The standard InChI is InChI=1S/C14H21ClN2O/c1-2-10-18-13-4-3-7-16-14(13)17-8-5-12(11-15)6-9-17/h3-4,7,12H,2,5-6,8-11H2,1H3. The second kappa shape index (κ2) is 6.83. The average Bonchev–Trinajstić information content (AvgIpc) is 2.45. The predicted molar refractivity (Wildman–Crippen MR) is 75.7 cm³/mol. The van der Waals surface area contributed by atoms with Crippen molar-refractivity contribution in [1.82, 2.24) is 4.98 Å². The molecule has 100 valence electrons. The molecular weight excluding hydrogens is 248 g/mol. The Bertz CT molecular complexity index is 365. The van der Waals surface area contributed by atoms with Gasteiger partial charge in [0.15, 0.2) is 11.6 Å². The minimum atomic E-state index is 0.659. The number of piperidine rings is 1. The van der Waals surface area contributed by atoms with E-state index in [4.69, 9.17) is 16.3 Å². The van der Waals surface area contributed by atoms with E-state index in [-0.39, 0.29) is 0 Å². The molecule has 0 amide bonds. The number of ether oxygens (including phenoxy) is 1. The van der Waals surface area contributed by atoms with Crippen LogP contribution in [0.2, 0.25) is 0 Å². The van der Waals surface area contributed by atoms with Crippen molar-refractivity contribution in [2.75, 3.05) is 30.5 Å². The van der Waals surface area contributed by atoms with Gasteiger partial charge in [0.2, 0.25) is 0 Å². The number of hydrogen-bond donors (Lipinski definition) is 0. The average molecular weight is 269 g/mol. The quantitative estimate of drug-likeness (QED) is 0.766. The van der Waals surface area contributed by atoms with E-state index in [1.807, 2.05) is 18.3 Å². The third-order valence-corrected chi connectivity index (χ3v) is 3.78. The maximum absolute atomic E-state index is 5.92. The molecule has 1 saturated heterocycles. The van der Waals surface area contributed by atoms with Gasteiger partial charge in [-0.15, -0.1) is 11.6 Å². The number of rotatable bonds is 5. The summed E-state index contributed by atoms with van der Waals surface area (Å²) in [5, 5.41) is 0. The summed E-state index contributed by atoms with van der Waals surface area (Å²) >= 11 is 5.92. The maximum Gasteiger partial charge on any atom is 0.171 e. The molecule has 1 aromatic heterocycles. The van der Waals surface area contributed by atoms with E-state index in [1.54, 1.807) is 0 Å². The summed E-state index contributed by atoms with van der Waals surface area (Å²) < 4.78 is 5.76. The van der Waals surface area contributed by atoms with E-state index < -0.39 is 0 Å². The monoisotopic (exact) mass is 268 g/mol. The van der Waals surface area contributed by atoms with Crippen molar-refractivity contribution in [2.24, 2.45) is 5.92 Å². The van der Waals surface area contributed by atoms with Crippen LogP contribution < -0.4 is 9.64 Å². The summed E-state index contributed by atoms with van der Waals surface area (Å²) in [5.41, 5.74) is 0. The molecule has 0 atom stereocenters. The van der Waals surface area contributed by atoms with E-state index in [0.29, 0.717) is 5.92 Å². The van der Waals surface area contributed by atoms with Gasteiger partial charge < -0.3 is 9.64 Å². The first-order valence-electron chi connectivity index (χ1n) is 6.74. The van der Waals surface area contributed by atoms with E-state index >= 15 is 0 Å². The van der Waals surface area contributed by atoms with Gasteiger partial charge in [0.25, 0.3) is 0 Å². The van der Waals surface area contributed by atoms with Crippen molar-refractivity contribution >= 4 is 17.4 Å². The van der Waals surface area contributed by atoms with Crippen molar-refractivity contribution < 1.29 is 4.74 Å². The smallest absolute Gasteiger partial charge is 0.171 e. The second-order valence-electron chi connectivity index (χ2n) is 4.76. The molecule has 3 nitrogen and oxygen atoms in total. The Labute approximate surface area is 114 Å². The van der Waals surface area contributed by atoms with Crippen molar-refractivity contribution in [2.45, 2.75) is 26.2 Å². The minimum absolute atomic E-state index is 0.659. The number of anilines is 1. The highest BCUT2D eigenvalue weighted by atomic mass is 35.5. The Hall–Kier alpha value is -0.960. The predicted octanol–water partition coefficient (Wildman–Crippen LogP) is 3.33. The number of alkyl halides is 1. The van der Waals surface area contributed by atoms with Crippen LogP contribution in [0.25, 0.3) is 0 Å². The highest BCUT2D eigenvalue weighted by Crippen LogP contribution is 2.29. The van der Waals surface area contributed by atoms with E-state index in [9.17, 15) is 0 Å². The van der Waals surface area contributed by atoms with E-state index in [1.165, 1.54) is 0 Å². The minimum Gasteiger partial charge on any atom is -0.490 e. The highest BCUT2D eigenvalue weighted by Gasteiger charge is 2.21. The van der Waals surface area contributed by atoms with Gasteiger partial charge in [0.1, 0.15) is 0 Å². The normalized spacial score (nSPS) is 16.9. The van der Waals surface area contributed by atoms with Crippen molar-refractivity contribution in [3.8, 4) is 5.75 Å². The first-order chi connectivity index (χ1) is 8.85. The lowest BCUT2D eigenvalue weighted by molar-refractivity contribution is 0.315. The molecule has 4 heteroatoms. The third-order valence-electron chi connectivity index (χ3n) is 3.34. The van der Waals surface area contributed by atoms with Crippen molar-refractivity contribution in [3.63, 3.8) is 0 Å². The van der Waals surface area contributed by atoms with Gasteiger partial charge in [-0.3, -0.25) is 0 Å². The fourth-order valence-electron chi connectivity index (χ4n) is 2.24. The summed E-state index contributed by atoms with van der Waals surface area (Å²) in [6.45, 7) is 4.91. The first kappa shape index (κ1) is 13.5. The van der Waals surface area contributed by atoms with Crippen LogP contribution in [0.1, 0.15) is 26.2 Å². The van der Waals surface area contributed by atoms with Gasteiger partial charge in [-0.1, -0.05) is 6.92 Å². The molecule has 0 spiro atoms. The van der Waals surface area contributed by atoms with Crippen LogP contribution in [-0.4, -0.2) is 30.6 Å². The van der Waals surface area contributed by atoms with Crippen LogP contribution in [0.5, 0.6) is 5.75 Å². The van der Waals surface area contributed by atoms with Crippen LogP contribution in [0.3, 0.4) is 0 Å². The molecule has 18 heavy (non-hydrogen) atoms. The first-order valence-corrected chi connectivity index (χ1v) is 7.27. The van der Waals surface area contributed by atoms with Crippen LogP contribution >= 0.6 is 11.6 Å². The van der Waals surface area contributed by atoms with Gasteiger partial charge in [-0.25, -0.2) is 4.98 Å². The third kappa shape index (κ3) is 3.29. The Kier molecular flexibility index (Phi) is 5.12. The van der Waals surface area contributed by atoms with Crippen LogP contribution in [0, 0.1) is 5.92 Å². The summed E-state index contributed by atoms with van der Waals surface area (Å²) in [6, 6.07) is 3.94. The molecule has 0 bridgehead atoms. The van der Waals surface area contributed by atoms with Crippen molar-refractivity contribution in [1.29, 1.82) is 0 Å². The van der Waals surface area contributed by atoms with Gasteiger partial charge in [-0.2, -0.15) is 0 Å². The van der Waals surface area contributed by atoms with Gasteiger partial charge in [-0.05, 0) is 37.3 Å². The molecule has 0 radical (unpaired) electrons. The molecule has 2 heterocycles. The molecule has 0 unspecified atom stereocenters. The molecule has 2 rings (SSSR count). The number of hydrogen-bond acceptors (Lipinski definition) is 3. The second-order valence-corrected chi connectivity index (χ2v) is 5.07. The Morgan fingerprint density at radius 2 is 2.22 bits per heavy atom. The number of halogens is 1. The van der Waals surface area contributed by atoms with Crippen LogP contribution in [-0.2, 0) is 0 Å². The SMILES string of the molecule is CCCOc1cccnc1N1CCC(CCl)CC1. The topological polar surface area (TPSA) is 25.4 Å². The van der Waals surface area contributed by atoms with Gasteiger partial charge in [0.05, 0.1) is 6.61 Å². The van der Waals surface area contributed by atoms with E-state index in [0.717, 1.165) is 56.4 Å². The highest BCUT2D eigenvalue weighted by molar-refractivity contribution is 6.18. The lowest BCUT2D eigenvalue weighted by Gasteiger charge is -2.32. The zero-order chi connectivity index (χ0) is 12.8. The number of aromatic nitrogens is 1. The summed E-state index contributed by atoms with van der Waals surface area (Å²) in [4.78, 5) is 6.79. The van der Waals surface area contributed by atoms with Crippen molar-refractivity contribution in [3.05, 3.63) is 18.3 Å². The zero-order valence-corrected chi connectivity index (χ0v) is 11.7. The molecule has 0 saturated carbocycles. The maximum atomic E-state index is 5.92. The Morgan fingerprint density at radius 3 is 2.89 bits per heavy atom. The molecule has 1 aliphatic rings.